The molecule has 1 atom stereocenters. The average Bonchev–Trinajstić information content (AvgIpc) is 2.18. The minimum Gasteiger partial charge on any atom is -0.417 e. The molecule has 17 heavy (non-hydrogen) atoms. The van der Waals surface area contributed by atoms with Gasteiger partial charge in [0.2, 0.25) is 15.7 Å². The second-order valence-electron chi connectivity index (χ2n) is 6.66. The molecule has 102 valence electrons. The molecule has 1 aliphatic heterocycles. The molecule has 0 radical (unpaired) electrons. The van der Waals surface area contributed by atoms with Gasteiger partial charge in [-0.25, -0.2) is 0 Å². The number of hydrogen-bond donors (Lipinski definition) is 0. The van der Waals surface area contributed by atoms with Gasteiger partial charge in [-0.1, -0.05) is 19.8 Å². The lowest BCUT2D eigenvalue weighted by Gasteiger charge is -2.50. The van der Waals surface area contributed by atoms with Gasteiger partial charge in [-0.3, -0.25) is 0 Å². The summed E-state index contributed by atoms with van der Waals surface area (Å²) in [5, 5.41) is 0. The van der Waals surface area contributed by atoms with Crippen molar-refractivity contribution in [3.8, 4) is 0 Å². The first kappa shape index (κ1) is 15.4. The van der Waals surface area contributed by atoms with Crippen molar-refractivity contribution in [2.45, 2.75) is 77.7 Å². The molecule has 0 saturated carbocycles. The van der Waals surface area contributed by atoms with Crippen LogP contribution in [0, 0.1) is 0 Å². The summed E-state index contributed by atoms with van der Waals surface area (Å²) in [6, 6.07) is 1.28. The first-order valence-electron chi connectivity index (χ1n) is 7.07. The molecular weight excluding hydrogens is 244 g/mol. The molecule has 0 aliphatic carbocycles. The second-order valence-corrected chi connectivity index (χ2v) is 19.9. The van der Waals surface area contributed by atoms with Crippen LogP contribution in [0.1, 0.15) is 46.5 Å². The maximum Gasteiger partial charge on any atom is 0.207 e. The van der Waals surface area contributed by atoms with Crippen LogP contribution in [-0.2, 0) is 8.85 Å². The van der Waals surface area contributed by atoms with Crippen LogP contribution in [0.2, 0.25) is 25.7 Å². The van der Waals surface area contributed by atoms with Crippen LogP contribution in [-0.4, -0.2) is 27.9 Å². The van der Waals surface area contributed by atoms with Crippen molar-refractivity contribution in [1.82, 2.24) is 0 Å². The van der Waals surface area contributed by atoms with Gasteiger partial charge in [-0.05, 0) is 52.4 Å². The van der Waals surface area contributed by atoms with E-state index in [4.69, 9.17) is 8.85 Å². The molecule has 1 fully saturated rings. The lowest BCUT2D eigenvalue weighted by molar-refractivity contribution is 0.0857. The van der Waals surface area contributed by atoms with E-state index in [0.29, 0.717) is 0 Å². The highest BCUT2D eigenvalue weighted by Crippen LogP contribution is 2.39. The van der Waals surface area contributed by atoms with Crippen molar-refractivity contribution in [2.24, 2.45) is 0 Å². The quantitative estimate of drug-likeness (QED) is 0.551. The van der Waals surface area contributed by atoms with E-state index in [1.165, 1.54) is 31.7 Å². The van der Waals surface area contributed by atoms with E-state index in [-0.39, 0.29) is 5.60 Å². The summed E-state index contributed by atoms with van der Waals surface area (Å²) < 4.78 is 12.8. The van der Waals surface area contributed by atoms with Crippen LogP contribution >= 0.6 is 0 Å². The fourth-order valence-corrected chi connectivity index (χ4v) is 12.1. The fraction of sp³-hybridized carbons (Fsp3) is 1.00. The third-order valence-corrected chi connectivity index (χ3v) is 19.0. The molecule has 0 N–H and O–H groups in total. The molecule has 4 heteroatoms. The predicted molar refractivity (Wildman–Crippen MR) is 79.2 cm³/mol. The molecule has 0 spiro atoms. The smallest absolute Gasteiger partial charge is 0.207 e. The van der Waals surface area contributed by atoms with Gasteiger partial charge in [0.15, 0.2) is 0 Å². The Morgan fingerprint density at radius 1 is 1.18 bits per heavy atom. The van der Waals surface area contributed by atoms with Crippen LogP contribution in [0.4, 0.5) is 0 Å². The number of rotatable bonds is 5. The maximum atomic E-state index is 6.41. The highest BCUT2D eigenvalue weighted by Gasteiger charge is 2.54. The van der Waals surface area contributed by atoms with Crippen molar-refractivity contribution in [3.05, 3.63) is 0 Å². The largest absolute Gasteiger partial charge is 0.417 e. The van der Waals surface area contributed by atoms with Gasteiger partial charge in [0.05, 0.1) is 5.60 Å². The van der Waals surface area contributed by atoms with E-state index < -0.39 is 15.7 Å². The summed E-state index contributed by atoms with van der Waals surface area (Å²) in [7, 11) is -3.21. The highest BCUT2D eigenvalue weighted by atomic mass is 29.3. The molecule has 1 saturated heterocycles. The van der Waals surface area contributed by atoms with Crippen LogP contribution in [0.3, 0.4) is 0 Å². The Morgan fingerprint density at radius 2 is 1.82 bits per heavy atom. The Morgan fingerprint density at radius 3 is 2.35 bits per heavy atom. The molecule has 1 rings (SSSR count). The molecular formula is C13H30O2Si2. The summed E-state index contributed by atoms with van der Waals surface area (Å²) in [5.41, 5.74) is 0.0784. The zero-order valence-corrected chi connectivity index (χ0v) is 14.6. The third-order valence-electron chi connectivity index (χ3n) is 4.18. The van der Waals surface area contributed by atoms with Gasteiger partial charge in [-0.2, -0.15) is 0 Å². The average molecular weight is 275 g/mol. The van der Waals surface area contributed by atoms with Crippen molar-refractivity contribution < 1.29 is 8.85 Å². The van der Waals surface area contributed by atoms with Crippen molar-refractivity contribution in [3.63, 3.8) is 0 Å². The molecule has 2 nitrogen and oxygen atoms in total. The Labute approximate surface area is 109 Å². The van der Waals surface area contributed by atoms with E-state index >= 15 is 0 Å². The number of unbranched alkanes of at least 4 members (excludes halogenated alkanes) is 2. The van der Waals surface area contributed by atoms with Gasteiger partial charge in [0.25, 0.3) is 0 Å². The minimum absolute atomic E-state index is 0.0784. The molecule has 1 unspecified atom stereocenters. The van der Waals surface area contributed by atoms with Gasteiger partial charge in [-0.15, -0.1) is 0 Å². The lowest BCUT2D eigenvalue weighted by Crippen LogP contribution is -2.67. The molecule has 0 aromatic carbocycles. The van der Waals surface area contributed by atoms with Crippen molar-refractivity contribution in [1.29, 1.82) is 0 Å². The lowest BCUT2D eigenvalue weighted by atomic mass is 10.1. The van der Waals surface area contributed by atoms with Crippen LogP contribution in [0.25, 0.3) is 0 Å². The van der Waals surface area contributed by atoms with E-state index in [1.54, 1.807) is 0 Å². The maximum absolute atomic E-state index is 6.41. The number of hydrogen-bond acceptors (Lipinski definition) is 2. The Kier molecular flexibility index (Phi) is 5.03. The van der Waals surface area contributed by atoms with Crippen LogP contribution < -0.4 is 0 Å². The van der Waals surface area contributed by atoms with Gasteiger partial charge in [0.1, 0.15) is 0 Å². The van der Waals surface area contributed by atoms with Gasteiger partial charge < -0.3 is 8.85 Å². The molecule has 0 amide bonds. The summed E-state index contributed by atoms with van der Waals surface area (Å²) in [6.07, 6.45) is 4.94. The van der Waals surface area contributed by atoms with E-state index in [2.05, 4.69) is 40.4 Å². The summed E-state index contributed by atoms with van der Waals surface area (Å²) in [5.74, 6) is 0. The molecule has 0 aromatic heterocycles. The SMILES string of the molecule is CCCCCO[Si]1(C)CCC(C)(C)O[Si]1(C)C. The van der Waals surface area contributed by atoms with Gasteiger partial charge in [0, 0.05) is 6.61 Å². The Balaban J connectivity index is 2.56. The highest BCUT2D eigenvalue weighted by molar-refractivity contribution is 7.36. The van der Waals surface area contributed by atoms with E-state index in [9.17, 15) is 0 Å². The summed E-state index contributed by atoms with van der Waals surface area (Å²) in [4.78, 5) is 0. The molecule has 1 aliphatic rings. The first-order chi connectivity index (χ1) is 7.72. The predicted octanol–water partition coefficient (Wildman–Crippen LogP) is 4.25. The zero-order chi connectivity index (χ0) is 13.2. The second kappa shape index (κ2) is 5.55. The standard InChI is InChI=1S/C13H30O2Si2/c1-7-8-9-11-14-17(6)12-10-13(2,3)15-16(17,4)5/h7-12H2,1-6H3. The third kappa shape index (κ3) is 3.91. The normalized spacial score (nSPS) is 31.4. The molecule has 0 aromatic rings. The topological polar surface area (TPSA) is 18.5 Å². The molecule has 1 heterocycles. The van der Waals surface area contributed by atoms with Crippen LogP contribution in [0.15, 0.2) is 0 Å². The van der Waals surface area contributed by atoms with Crippen LogP contribution in [0.5, 0.6) is 0 Å². The summed E-state index contributed by atoms with van der Waals surface area (Å²) >= 11 is 0. The Bertz CT molecular complexity index is 254. The van der Waals surface area contributed by atoms with Crippen molar-refractivity contribution >= 4 is 15.7 Å². The van der Waals surface area contributed by atoms with E-state index in [1.807, 2.05) is 0 Å². The molecule has 0 bridgehead atoms. The van der Waals surface area contributed by atoms with Gasteiger partial charge >= 0.3 is 0 Å². The first-order valence-corrected chi connectivity index (χ1v) is 13.6. The summed E-state index contributed by atoms with van der Waals surface area (Å²) in [6.45, 7) is 14.8. The monoisotopic (exact) mass is 274 g/mol. The van der Waals surface area contributed by atoms with E-state index in [0.717, 1.165) is 6.61 Å². The minimum atomic E-state index is -1.62. The zero-order valence-electron chi connectivity index (χ0n) is 12.6. The van der Waals surface area contributed by atoms with Crippen molar-refractivity contribution in [2.75, 3.05) is 6.61 Å². The fourth-order valence-electron chi connectivity index (χ4n) is 2.59. The Hall–Kier alpha value is 0.354.